The second kappa shape index (κ2) is 8.68. The monoisotopic (exact) mass is 349 g/mol. The van der Waals surface area contributed by atoms with Crippen molar-refractivity contribution in [1.29, 1.82) is 0 Å². The maximum absolute atomic E-state index is 4.37. The molecule has 1 aliphatic rings. The zero-order valence-electron chi connectivity index (χ0n) is 17.6. The number of allylic oxidation sites excluding steroid dienone is 6. The van der Waals surface area contributed by atoms with Crippen molar-refractivity contribution in [2.45, 2.75) is 66.8 Å². The van der Waals surface area contributed by atoms with Crippen LogP contribution in [0.5, 0.6) is 0 Å². The first-order valence-electron chi connectivity index (χ1n) is 9.93. The lowest BCUT2D eigenvalue weighted by Gasteiger charge is -2.27. The molecule has 0 saturated carbocycles. The minimum atomic E-state index is 0.391. The maximum Gasteiger partial charge on any atom is 0.0291 e. The Morgan fingerprint density at radius 3 is 2.50 bits per heavy atom. The Kier molecular flexibility index (Phi) is 6.83. The van der Waals surface area contributed by atoms with Crippen LogP contribution in [0.4, 0.5) is 0 Å². The Labute approximate surface area is 160 Å². The van der Waals surface area contributed by atoms with Crippen molar-refractivity contribution in [3.63, 3.8) is 0 Å². The van der Waals surface area contributed by atoms with E-state index in [-0.39, 0.29) is 0 Å². The van der Waals surface area contributed by atoms with Crippen molar-refractivity contribution in [2.24, 2.45) is 0 Å². The molecular weight excluding hydrogens is 314 g/mol. The second-order valence-corrected chi connectivity index (χ2v) is 7.64. The van der Waals surface area contributed by atoms with Crippen molar-refractivity contribution in [3.05, 3.63) is 75.9 Å². The summed E-state index contributed by atoms with van der Waals surface area (Å²) >= 11 is 0. The number of hydrogen-bond acceptors (Lipinski definition) is 1. The third kappa shape index (κ3) is 4.10. The second-order valence-electron chi connectivity index (χ2n) is 7.64. The molecule has 0 fully saturated rings. The normalized spacial score (nSPS) is 16.3. The highest BCUT2D eigenvalue weighted by molar-refractivity contribution is 5.81. The van der Waals surface area contributed by atoms with Gasteiger partial charge < -0.3 is 5.32 Å². The van der Waals surface area contributed by atoms with Gasteiger partial charge in [0.05, 0.1) is 0 Å². The van der Waals surface area contributed by atoms with Gasteiger partial charge in [0.25, 0.3) is 0 Å². The van der Waals surface area contributed by atoms with E-state index in [4.69, 9.17) is 0 Å². The molecule has 1 aromatic rings. The van der Waals surface area contributed by atoms with Crippen LogP contribution in [0.1, 0.15) is 77.1 Å². The summed E-state index contributed by atoms with van der Waals surface area (Å²) in [5.74, 6) is 0. The first-order chi connectivity index (χ1) is 12.3. The Balaban J connectivity index is 2.43. The van der Waals surface area contributed by atoms with Crippen molar-refractivity contribution < 1.29 is 0 Å². The zero-order chi connectivity index (χ0) is 19.4. The number of hydrogen-bond donors (Lipinski definition) is 1. The zero-order valence-corrected chi connectivity index (χ0v) is 17.6. The summed E-state index contributed by atoms with van der Waals surface area (Å²) in [5.41, 5.74) is 11.8. The first-order valence-corrected chi connectivity index (χ1v) is 9.93. The molecular formula is C25H35N. The summed E-state index contributed by atoms with van der Waals surface area (Å²) in [6.07, 6.45) is 3.19. The molecule has 1 heteroatoms. The van der Waals surface area contributed by atoms with E-state index >= 15 is 0 Å². The SMILES string of the molecule is C=C(C)C1=C(C)CC(c2ccc(C(C)NCCC)cc2CC)=C(C)C1=C. The van der Waals surface area contributed by atoms with E-state index in [1.165, 1.54) is 39.0 Å². The van der Waals surface area contributed by atoms with Crippen LogP contribution in [-0.2, 0) is 6.42 Å². The van der Waals surface area contributed by atoms with Crippen LogP contribution in [0.25, 0.3) is 5.57 Å². The highest BCUT2D eigenvalue weighted by Crippen LogP contribution is 2.41. The van der Waals surface area contributed by atoms with Crippen molar-refractivity contribution in [3.8, 4) is 0 Å². The van der Waals surface area contributed by atoms with E-state index in [1.807, 2.05) is 0 Å². The van der Waals surface area contributed by atoms with Gasteiger partial charge in [-0.2, -0.15) is 0 Å². The van der Waals surface area contributed by atoms with Crippen molar-refractivity contribution in [1.82, 2.24) is 5.32 Å². The maximum atomic E-state index is 4.37. The van der Waals surface area contributed by atoms with Crippen molar-refractivity contribution >= 4 is 5.57 Å². The number of nitrogens with one attached hydrogen (secondary N) is 1. The van der Waals surface area contributed by atoms with Crippen LogP contribution >= 0.6 is 0 Å². The molecule has 0 heterocycles. The first kappa shape index (κ1) is 20.5. The van der Waals surface area contributed by atoms with E-state index in [0.717, 1.165) is 37.0 Å². The van der Waals surface area contributed by atoms with Crippen LogP contribution in [0, 0.1) is 0 Å². The third-order valence-electron chi connectivity index (χ3n) is 5.54. The minimum absolute atomic E-state index is 0.391. The summed E-state index contributed by atoms with van der Waals surface area (Å²) in [6, 6.07) is 7.39. The van der Waals surface area contributed by atoms with E-state index in [0.29, 0.717) is 6.04 Å². The summed E-state index contributed by atoms with van der Waals surface area (Å²) in [6.45, 7) is 22.8. The topological polar surface area (TPSA) is 12.0 Å². The van der Waals surface area contributed by atoms with Gasteiger partial charge in [0, 0.05) is 6.04 Å². The van der Waals surface area contributed by atoms with E-state index in [1.54, 1.807) is 0 Å². The average Bonchev–Trinajstić information content (AvgIpc) is 2.62. The van der Waals surface area contributed by atoms with Gasteiger partial charge in [-0.3, -0.25) is 0 Å². The molecule has 0 aromatic heterocycles. The van der Waals surface area contributed by atoms with Gasteiger partial charge in [-0.15, -0.1) is 0 Å². The molecule has 0 aliphatic heterocycles. The Bertz CT molecular complexity index is 773. The highest BCUT2D eigenvalue weighted by Gasteiger charge is 2.22. The minimum Gasteiger partial charge on any atom is -0.310 e. The van der Waals surface area contributed by atoms with Gasteiger partial charge in [-0.25, -0.2) is 0 Å². The van der Waals surface area contributed by atoms with Gasteiger partial charge in [-0.1, -0.05) is 56.4 Å². The van der Waals surface area contributed by atoms with E-state index < -0.39 is 0 Å². The van der Waals surface area contributed by atoms with Gasteiger partial charge in [0.2, 0.25) is 0 Å². The molecule has 1 aliphatic carbocycles. The Morgan fingerprint density at radius 1 is 1.23 bits per heavy atom. The lowest BCUT2D eigenvalue weighted by atomic mass is 9.78. The number of rotatable bonds is 7. The molecule has 140 valence electrons. The fourth-order valence-electron chi connectivity index (χ4n) is 3.98. The standard InChI is InChI=1S/C25H35N/c1-9-13-26-20(8)22-11-12-23(21(10-2)15-22)24-14-17(5)25(16(3)4)19(7)18(24)6/h11-12,15,20,26H,3,7,9-10,13-14H2,1-2,4-6,8H3. The predicted octanol–water partition coefficient (Wildman–Crippen LogP) is 6.94. The van der Waals surface area contributed by atoms with Crippen LogP contribution in [0.15, 0.2) is 59.2 Å². The summed E-state index contributed by atoms with van der Waals surface area (Å²) in [5, 5.41) is 3.60. The molecule has 1 nitrogen and oxygen atoms in total. The van der Waals surface area contributed by atoms with Crippen LogP contribution < -0.4 is 5.32 Å². The molecule has 0 saturated heterocycles. The average molecular weight is 350 g/mol. The van der Waals surface area contributed by atoms with E-state index in [2.05, 4.69) is 78.2 Å². The Hall–Kier alpha value is -1.86. The molecule has 2 rings (SSSR count). The summed E-state index contributed by atoms with van der Waals surface area (Å²) < 4.78 is 0. The molecule has 0 spiro atoms. The number of aryl methyl sites for hydroxylation is 1. The van der Waals surface area contributed by atoms with Crippen LogP contribution in [0.3, 0.4) is 0 Å². The van der Waals surface area contributed by atoms with Gasteiger partial charge >= 0.3 is 0 Å². The van der Waals surface area contributed by atoms with Gasteiger partial charge in [-0.05, 0) is 92.5 Å². The smallest absolute Gasteiger partial charge is 0.0291 e. The molecule has 1 N–H and O–H groups in total. The molecule has 0 radical (unpaired) electrons. The largest absolute Gasteiger partial charge is 0.310 e. The Morgan fingerprint density at radius 2 is 1.92 bits per heavy atom. The van der Waals surface area contributed by atoms with E-state index in [9.17, 15) is 0 Å². The van der Waals surface area contributed by atoms with Crippen molar-refractivity contribution in [2.75, 3.05) is 6.54 Å². The quantitative estimate of drug-likeness (QED) is 0.562. The molecule has 26 heavy (non-hydrogen) atoms. The summed E-state index contributed by atoms with van der Waals surface area (Å²) in [7, 11) is 0. The number of benzene rings is 1. The fourth-order valence-corrected chi connectivity index (χ4v) is 3.98. The third-order valence-corrected chi connectivity index (χ3v) is 5.54. The van der Waals surface area contributed by atoms with Crippen LogP contribution in [0.2, 0.25) is 0 Å². The van der Waals surface area contributed by atoms with Gasteiger partial charge in [0.1, 0.15) is 0 Å². The molecule has 0 bridgehead atoms. The molecule has 1 atom stereocenters. The summed E-state index contributed by atoms with van der Waals surface area (Å²) in [4.78, 5) is 0. The highest BCUT2D eigenvalue weighted by atomic mass is 14.9. The molecule has 1 aromatic carbocycles. The van der Waals surface area contributed by atoms with Gasteiger partial charge in [0.15, 0.2) is 0 Å². The fraction of sp³-hybridized carbons (Fsp3) is 0.440. The molecule has 0 amide bonds. The lowest BCUT2D eigenvalue weighted by Crippen LogP contribution is -2.19. The molecule has 1 unspecified atom stereocenters. The predicted molar refractivity (Wildman–Crippen MR) is 116 cm³/mol. The van der Waals surface area contributed by atoms with Crippen LogP contribution in [-0.4, -0.2) is 6.54 Å². The lowest BCUT2D eigenvalue weighted by molar-refractivity contribution is 0.570.